The fraction of sp³-hybridized carbons (Fsp3) is 0.0455. The lowest BCUT2D eigenvalue weighted by Gasteiger charge is -2.25. The first kappa shape index (κ1) is 20.2. The van der Waals surface area contributed by atoms with E-state index in [-0.39, 0.29) is 16.8 Å². The van der Waals surface area contributed by atoms with Gasteiger partial charge in [0.15, 0.2) is 0 Å². The maximum Gasteiger partial charge on any atom is 0.300 e. The van der Waals surface area contributed by atoms with Crippen LogP contribution in [-0.2, 0) is 9.59 Å². The zero-order valence-electron chi connectivity index (χ0n) is 15.8. The summed E-state index contributed by atoms with van der Waals surface area (Å²) in [6, 6.07) is 13.9. The van der Waals surface area contributed by atoms with E-state index in [9.17, 15) is 24.8 Å². The van der Waals surface area contributed by atoms with Gasteiger partial charge in [-0.15, -0.1) is 0 Å². The molecule has 31 heavy (non-hydrogen) atoms. The number of aliphatic hydroxyl groups excluding tert-OH is 1. The number of Topliss-reactive ketones (excluding diaryl/α,β-unsaturated/α-hetero) is 1. The molecule has 8 nitrogen and oxygen atoms in total. The van der Waals surface area contributed by atoms with Crippen LogP contribution in [0.15, 0.2) is 78.6 Å². The highest BCUT2D eigenvalue weighted by molar-refractivity contribution is 6.51. The van der Waals surface area contributed by atoms with Gasteiger partial charge in [-0.1, -0.05) is 17.7 Å². The Bertz CT molecular complexity index is 1230. The number of pyridine rings is 1. The molecule has 1 atom stereocenters. The van der Waals surface area contributed by atoms with Crippen molar-refractivity contribution in [1.29, 1.82) is 0 Å². The Labute approximate surface area is 181 Å². The Morgan fingerprint density at radius 3 is 2.35 bits per heavy atom. The zero-order chi connectivity index (χ0) is 22.1. The number of rotatable bonds is 4. The Kier molecular flexibility index (Phi) is 5.22. The number of amides is 1. The van der Waals surface area contributed by atoms with Crippen molar-refractivity contribution in [3.8, 4) is 0 Å². The van der Waals surface area contributed by atoms with Crippen molar-refractivity contribution in [2.45, 2.75) is 6.04 Å². The molecule has 1 aliphatic rings. The summed E-state index contributed by atoms with van der Waals surface area (Å²) >= 11 is 6.09. The van der Waals surface area contributed by atoms with Gasteiger partial charge in [0.1, 0.15) is 5.76 Å². The maximum absolute atomic E-state index is 13.0. The monoisotopic (exact) mass is 435 g/mol. The van der Waals surface area contributed by atoms with Crippen LogP contribution in [0.25, 0.3) is 5.76 Å². The van der Waals surface area contributed by atoms with Crippen molar-refractivity contribution in [3.05, 3.63) is 105 Å². The van der Waals surface area contributed by atoms with Gasteiger partial charge in [0, 0.05) is 40.8 Å². The number of nitro benzene ring substituents is 1. The number of anilines is 1. The molecule has 2 aromatic carbocycles. The molecule has 1 N–H and O–H groups in total. The summed E-state index contributed by atoms with van der Waals surface area (Å²) in [4.78, 5) is 41.5. The lowest BCUT2D eigenvalue weighted by atomic mass is 9.95. The van der Waals surface area contributed by atoms with Crippen LogP contribution >= 0.6 is 11.6 Å². The second-order valence-corrected chi connectivity index (χ2v) is 7.17. The number of hydrogen-bond donors (Lipinski definition) is 1. The number of hydrogen-bond acceptors (Lipinski definition) is 6. The summed E-state index contributed by atoms with van der Waals surface area (Å²) in [5.41, 5.74) is 0.817. The number of carbonyl (C=O) groups excluding carboxylic acids is 2. The maximum atomic E-state index is 13.0. The number of ketones is 1. The minimum atomic E-state index is -0.934. The zero-order valence-corrected chi connectivity index (χ0v) is 16.6. The fourth-order valence-electron chi connectivity index (χ4n) is 3.48. The van der Waals surface area contributed by atoms with Crippen LogP contribution in [0, 0.1) is 10.1 Å². The van der Waals surface area contributed by atoms with E-state index in [1.165, 1.54) is 41.6 Å². The topological polar surface area (TPSA) is 114 Å². The van der Waals surface area contributed by atoms with E-state index in [2.05, 4.69) is 4.98 Å². The molecule has 0 radical (unpaired) electrons. The molecule has 1 amide bonds. The first-order valence-corrected chi connectivity index (χ1v) is 9.47. The molecule has 0 spiro atoms. The molecule has 0 bridgehead atoms. The third-order valence-electron chi connectivity index (χ3n) is 4.90. The lowest BCUT2D eigenvalue weighted by Crippen LogP contribution is -2.29. The summed E-state index contributed by atoms with van der Waals surface area (Å²) in [5, 5.41) is 22.2. The Morgan fingerprint density at radius 2 is 1.74 bits per heavy atom. The number of halogens is 1. The van der Waals surface area contributed by atoms with E-state index in [0.29, 0.717) is 16.3 Å². The second kappa shape index (κ2) is 8.00. The quantitative estimate of drug-likeness (QED) is 0.215. The van der Waals surface area contributed by atoms with Gasteiger partial charge in [0.05, 0.1) is 16.5 Å². The molecule has 4 rings (SSSR count). The van der Waals surface area contributed by atoms with Gasteiger partial charge in [-0.25, -0.2) is 0 Å². The van der Waals surface area contributed by atoms with Crippen LogP contribution in [0.4, 0.5) is 11.4 Å². The van der Waals surface area contributed by atoms with E-state index in [0.717, 1.165) is 0 Å². The normalized spacial score (nSPS) is 17.7. The highest BCUT2D eigenvalue weighted by atomic mass is 35.5. The van der Waals surface area contributed by atoms with Gasteiger partial charge in [0.2, 0.25) is 0 Å². The third kappa shape index (κ3) is 3.64. The molecule has 1 aromatic heterocycles. The fourth-order valence-corrected chi connectivity index (χ4v) is 3.67. The lowest BCUT2D eigenvalue weighted by molar-refractivity contribution is -0.384. The second-order valence-electron chi connectivity index (χ2n) is 6.73. The van der Waals surface area contributed by atoms with Crippen LogP contribution in [0.5, 0.6) is 0 Å². The summed E-state index contributed by atoms with van der Waals surface area (Å²) in [5.74, 6) is -2.13. The number of benzene rings is 2. The Balaban J connectivity index is 1.91. The minimum absolute atomic E-state index is 0.134. The van der Waals surface area contributed by atoms with E-state index in [4.69, 9.17) is 11.6 Å². The number of nitro groups is 1. The number of non-ortho nitro benzene ring substituents is 1. The van der Waals surface area contributed by atoms with Gasteiger partial charge < -0.3 is 5.11 Å². The molecular formula is C22H14ClN3O5. The highest BCUT2D eigenvalue weighted by Crippen LogP contribution is 2.42. The molecule has 3 aromatic rings. The van der Waals surface area contributed by atoms with Crippen molar-refractivity contribution < 1.29 is 19.6 Å². The van der Waals surface area contributed by atoms with Crippen LogP contribution in [0.1, 0.15) is 17.2 Å². The molecule has 154 valence electrons. The third-order valence-corrected chi connectivity index (χ3v) is 5.14. The molecule has 2 heterocycles. The van der Waals surface area contributed by atoms with Crippen molar-refractivity contribution >= 4 is 40.4 Å². The summed E-state index contributed by atoms with van der Waals surface area (Å²) in [6.45, 7) is 0. The van der Waals surface area contributed by atoms with E-state index < -0.39 is 28.4 Å². The summed E-state index contributed by atoms with van der Waals surface area (Å²) in [7, 11) is 0. The molecule has 1 saturated heterocycles. The average Bonchev–Trinajstić information content (AvgIpc) is 3.04. The average molecular weight is 436 g/mol. The van der Waals surface area contributed by atoms with Crippen LogP contribution in [-0.4, -0.2) is 26.7 Å². The Morgan fingerprint density at radius 1 is 1.06 bits per heavy atom. The molecule has 1 aliphatic heterocycles. The van der Waals surface area contributed by atoms with Crippen molar-refractivity contribution in [3.63, 3.8) is 0 Å². The molecular weight excluding hydrogens is 422 g/mol. The molecule has 1 unspecified atom stereocenters. The summed E-state index contributed by atoms with van der Waals surface area (Å²) < 4.78 is 0. The predicted octanol–water partition coefficient (Wildman–Crippen LogP) is 4.27. The SMILES string of the molecule is O=C1C(=O)N(c2cccc(Cl)c2)C(c2ccncc2)/C1=C(\O)c1ccc([N+](=O)[O-])cc1. The molecule has 1 fully saturated rings. The minimum Gasteiger partial charge on any atom is -0.507 e. The van der Waals surface area contributed by atoms with Gasteiger partial charge in [0.25, 0.3) is 17.4 Å². The number of carbonyl (C=O) groups is 2. The number of nitrogens with zero attached hydrogens (tertiary/aromatic N) is 3. The highest BCUT2D eigenvalue weighted by Gasteiger charge is 2.47. The summed E-state index contributed by atoms with van der Waals surface area (Å²) in [6.07, 6.45) is 3.03. The van der Waals surface area contributed by atoms with Crippen molar-refractivity contribution in [2.24, 2.45) is 0 Å². The van der Waals surface area contributed by atoms with Crippen LogP contribution < -0.4 is 4.90 Å². The van der Waals surface area contributed by atoms with Crippen molar-refractivity contribution in [1.82, 2.24) is 4.98 Å². The van der Waals surface area contributed by atoms with E-state index in [1.54, 1.807) is 36.4 Å². The van der Waals surface area contributed by atoms with E-state index >= 15 is 0 Å². The smallest absolute Gasteiger partial charge is 0.300 e. The standard InChI is InChI=1S/C22H14ClN3O5/c23-15-2-1-3-17(12-15)25-19(13-8-10-24-11-9-13)18(21(28)22(25)29)20(27)14-4-6-16(7-5-14)26(30)31/h1-12,19,27H/b20-18+. The first-order chi connectivity index (χ1) is 14.9. The number of aromatic nitrogens is 1. The van der Waals surface area contributed by atoms with Crippen LogP contribution in [0.3, 0.4) is 0 Å². The van der Waals surface area contributed by atoms with Gasteiger partial charge >= 0.3 is 0 Å². The first-order valence-electron chi connectivity index (χ1n) is 9.10. The predicted molar refractivity (Wildman–Crippen MR) is 114 cm³/mol. The molecule has 0 aliphatic carbocycles. The van der Waals surface area contributed by atoms with Gasteiger partial charge in [-0.3, -0.25) is 29.6 Å². The van der Waals surface area contributed by atoms with Crippen molar-refractivity contribution in [2.75, 3.05) is 4.90 Å². The molecule has 0 saturated carbocycles. The van der Waals surface area contributed by atoms with Gasteiger partial charge in [-0.2, -0.15) is 0 Å². The Hall–Kier alpha value is -4.04. The molecule has 9 heteroatoms. The van der Waals surface area contributed by atoms with Crippen LogP contribution in [0.2, 0.25) is 5.02 Å². The number of aliphatic hydroxyl groups is 1. The van der Waals surface area contributed by atoms with E-state index in [1.807, 2.05) is 0 Å². The van der Waals surface area contributed by atoms with Gasteiger partial charge in [-0.05, 0) is 48.0 Å². The largest absolute Gasteiger partial charge is 0.507 e.